The monoisotopic (exact) mass is 409 g/mol. The first-order valence-electron chi connectivity index (χ1n) is 10.4. The van der Waals surface area contributed by atoms with Crippen LogP contribution >= 0.6 is 0 Å². The normalized spacial score (nSPS) is 17.2. The summed E-state index contributed by atoms with van der Waals surface area (Å²) in [5.41, 5.74) is 0.763. The molecule has 2 heterocycles. The third-order valence-corrected chi connectivity index (χ3v) is 5.48. The molecule has 30 heavy (non-hydrogen) atoms. The molecule has 1 fully saturated rings. The van der Waals surface area contributed by atoms with Crippen molar-refractivity contribution >= 4 is 11.0 Å². The summed E-state index contributed by atoms with van der Waals surface area (Å²) in [6.07, 6.45) is 3.67. The SMILES string of the molecule is CCOc1ccccc1Oc1coc2c(CN3CCCC(C)C3)c(O)ccc2c1=O. The van der Waals surface area contributed by atoms with Crippen LogP contribution < -0.4 is 14.9 Å². The van der Waals surface area contributed by atoms with Gasteiger partial charge in [0.25, 0.3) is 0 Å². The molecule has 1 atom stereocenters. The van der Waals surface area contributed by atoms with Crippen LogP contribution in [0, 0.1) is 5.92 Å². The highest BCUT2D eigenvalue weighted by Gasteiger charge is 2.21. The fraction of sp³-hybridized carbons (Fsp3) is 0.375. The van der Waals surface area contributed by atoms with E-state index in [1.165, 1.54) is 12.7 Å². The number of likely N-dealkylation sites (tertiary alicyclic amines) is 1. The molecule has 0 spiro atoms. The molecule has 1 saturated heterocycles. The summed E-state index contributed by atoms with van der Waals surface area (Å²) in [5, 5.41) is 10.8. The Hall–Kier alpha value is -2.99. The first-order chi connectivity index (χ1) is 14.6. The molecule has 6 heteroatoms. The molecular weight excluding hydrogens is 382 g/mol. The highest BCUT2D eigenvalue weighted by atomic mass is 16.5. The number of phenolic OH excluding ortho intramolecular Hbond substituents is 1. The van der Waals surface area contributed by atoms with Crippen LogP contribution in [0.3, 0.4) is 0 Å². The minimum Gasteiger partial charge on any atom is -0.507 e. The zero-order valence-electron chi connectivity index (χ0n) is 17.4. The lowest BCUT2D eigenvalue weighted by atomic mass is 9.99. The van der Waals surface area contributed by atoms with Gasteiger partial charge >= 0.3 is 0 Å². The van der Waals surface area contributed by atoms with E-state index in [0.717, 1.165) is 19.5 Å². The van der Waals surface area contributed by atoms with Crippen molar-refractivity contribution in [3.63, 3.8) is 0 Å². The van der Waals surface area contributed by atoms with Crippen molar-refractivity contribution in [2.75, 3.05) is 19.7 Å². The van der Waals surface area contributed by atoms with Crippen LogP contribution in [0.25, 0.3) is 11.0 Å². The van der Waals surface area contributed by atoms with Crippen molar-refractivity contribution in [2.45, 2.75) is 33.2 Å². The summed E-state index contributed by atoms with van der Waals surface area (Å²) in [6, 6.07) is 10.3. The van der Waals surface area contributed by atoms with E-state index in [1.54, 1.807) is 24.3 Å². The number of hydrogen-bond acceptors (Lipinski definition) is 6. The molecule has 1 aliphatic heterocycles. The maximum absolute atomic E-state index is 13.1. The molecule has 1 unspecified atom stereocenters. The maximum atomic E-state index is 13.1. The number of aromatic hydroxyl groups is 1. The number of ether oxygens (including phenoxy) is 2. The number of para-hydroxylation sites is 2. The minimum absolute atomic E-state index is 0.0814. The number of rotatable bonds is 6. The third kappa shape index (κ3) is 4.14. The topological polar surface area (TPSA) is 72.1 Å². The third-order valence-electron chi connectivity index (χ3n) is 5.48. The van der Waals surface area contributed by atoms with Crippen LogP contribution in [-0.4, -0.2) is 29.7 Å². The summed E-state index contributed by atoms with van der Waals surface area (Å²) in [7, 11) is 0. The minimum atomic E-state index is -0.282. The molecule has 1 aromatic heterocycles. The van der Waals surface area contributed by atoms with Crippen molar-refractivity contribution in [3.05, 3.63) is 58.4 Å². The Balaban J connectivity index is 1.68. The number of benzene rings is 2. The van der Waals surface area contributed by atoms with Gasteiger partial charge in [-0.05, 0) is 56.5 Å². The van der Waals surface area contributed by atoms with Crippen LogP contribution in [0.15, 0.2) is 51.9 Å². The van der Waals surface area contributed by atoms with Crippen molar-refractivity contribution in [2.24, 2.45) is 5.92 Å². The van der Waals surface area contributed by atoms with Gasteiger partial charge in [-0.25, -0.2) is 0 Å². The number of nitrogens with zero attached hydrogens (tertiary/aromatic N) is 1. The Labute approximate surface area is 175 Å². The highest BCUT2D eigenvalue weighted by Crippen LogP contribution is 2.33. The standard InChI is InChI=1S/C24H27NO5/c1-3-28-20-8-4-5-9-21(20)30-22-15-29-24-17(23(22)27)10-11-19(26)18(24)14-25-12-6-7-16(2)13-25/h4-5,8-11,15-16,26H,3,6-7,12-14H2,1-2H3. The fourth-order valence-electron chi connectivity index (χ4n) is 4.03. The summed E-state index contributed by atoms with van der Waals surface area (Å²) in [5.74, 6) is 1.85. The van der Waals surface area contributed by atoms with E-state index in [1.807, 2.05) is 19.1 Å². The second kappa shape index (κ2) is 8.79. The van der Waals surface area contributed by atoms with E-state index < -0.39 is 0 Å². The molecule has 158 valence electrons. The second-order valence-electron chi connectivity index (χ2n) is 7.83. The van der Waals surface area contributed by atoms with Crippen LogP contribution in [0.5, 0.6) is 23.0 Å². The van der Waals surface area contributed by atoms with Crippen molar-refractivity contribution in [3.8, 4) is 23.0 Å². The molecule has 4 rings (SSSR count). The lowest BCUT2D eigenvalue weighted by molar-refractivity contribution is 0.175. The molecular formula is C24H27NO5. The Morgan fingerprint density at radius 1 is 1.17 bits per heavy atom. The largest absolute Gasteiger partial charge is 0.507 e. The molecule has 6 nitrogen and oxygen atoms in total. The molecule has 0 amide bonds. The fourth-order valence-corrected chi connectivity index (χ4v) is 4.03. The van der Waals surface area contributed by atoms with Crippen LogP contribution in [0.2, 0.25) is 0 Å². The molecule has 0 radical (unpaired) electrons. The molecule has 3 aromatic rings. The summed E-state index contributed by atoms with van der Waals surface area (Å²) >= 11 is 0. The lowest BCUT2D eigenvalue weighted by Crippen LogP contribution is -2.33. The molecule has 1 N–H and O–H groups in total. The van der Waals surface area contributed by atoms with E-state index in [-0.39, 0.29) is 16.9 Å². The van der Waals surface area contributed by atoms with Gasteiger partial charge in [0.05, 0.1) is 17.6 Å². The predicted octanol–water partition coefficient (Wildman–Crippen LogP) is 4.92. The summed E-state index contributed by atoms with van der Waals surface area (Å²) in [4.78, 5) is 15.4. The zero-order chi connectivity index (χ0) is 21.1. The van der Waals surface area contributed by atoms with Gasteiger partial charge in [-0.1, -0.05) is 19.1 Å². The maximum Gasteiger partial charge on any atom is 0.235 e. The lowest BCUT2D eigenvalue weighted by Gasteiger charge is -2.31. The second-order valence-corrected chi connectivity index (χ2v) is 7.83. The van der Waals surface area contributed by atoms with Gasteiger partial charge in [0.2, 0.25) is 11.2 Å². The van der Waals surface area contributed by atoms with Crippen molar-refractivity contribution in [1.29, 1.82) is 0 Å². The Morgan fingerprint density at radius 2 is 1.97 bits per heavy atom. The predicted molar refractivity (Wildman–Crippen MR) is 116 cm³/mol. The first kappa shape index (κ1) is 20.3. The van der Waals surface area contributed by atoms with E-state index in [2.05, 4.69) is 11.8 Å². The summed E-state index contributed by atoms with van der Waals surface area (Å²) < 4.78 is 17.2. The number of hydrogen-bond donors (Lipinski definition) is 1. The Morgan fingerprint density at radius 3 is 2.73 bits per heavy atom. The average molecular weight is 409 g/mol. The molecule has 2 aromatic carbocycles. The summed E-state index contributed by atoms with van der Waals surface area (Å²) in [6.45, 7) is 7.10. The van der Waals surface area contributed by atoms with Gasteiger partial charge in [-0.2, -0.15) is 0 Å². The number of fused-ring (bicyclic) bond motifs is 1. The Kier molecular flexibility index (Phi) is 5.95. The van der Waals surface area contributed by atoms with Crippen LogP contribution in [-0.2, 0) is 6.54 Å². The van der Waals surface area contributed by atoms with Gasteiger partial charge < -0.3 is 19.0 Å². The van der Waals surface area contributed by atoms with Gasteiger partial charge in [0.1, 0.15) is 17.6 Å². The quantitative estimate of drug-likeness (QED) is 0.623. The first-order valence-corrected chi connectivity index (χ1v) is 10.4. The molecule has 0 saturated carbocycles. The highest BCUT2D eigenvalue weighted by molar-refractivity contribution is 5.83. The van der Waals surface area contributed by atoms with Crippen LogP contribution in [0.1, 0.15) is 32.3 Å². The average Bonchev–Trinajstić information content (AvgIpc) is 2.74. The van der Waals surface area contributed by atoms with Crippen molar-refractivity contribution in [1.82, 2.24) is 4.90 Å². The van der Waals surface area contributed by atoms with Crippen molar-refractivity contribution < 1.29 is 19.0 Å². The van der Waals surface area contributed by atoms with Gasteiger partial charge in [0.15, 0.2) is 11.5 Å². The number of piperidine rings is 1. The Bertz CT molecular complexity index is 1090. The van der Waals surface area contributed by atoms with Gasteiger partial charge in [0, 0.05) is 13.1 Å². The molecule has 1 aliphatic rings. The molecule has 0 aliphatic carbocycles. The van der Waals surface area contributed by atoms with E-state index >= 15 is 0 Å². The van der Waals surface area contributed by atoms with Crippen LogP contribution in [0.4, 0.5) is 0 Å². The van der Waals surface area contributed by atoms with E-state index in [9.17, 15) is 9.90 Å². The van der Waals surface area contributed by atoms with Gasteiger partial charge in [-0.15, -0.1) is 0 Å². The van der Waals surface area contributed by atoms with E-state index in [4.69, 9.17) is 13.9 Å². The smallest absolute Gasteiger partial charge is 0.235 e. The van der Waals surface area contributed by atoms with E-state index in [0.29, 0.717) is 47.1 Å². The zero-order valence-corrected chi connectivity index (χ0v) is 17.4. The molecule has 0 bridgehead atoms. The number of phenols is 1. The van der Waals surface area contributed by atoms with Gasteiger partial charge in [-0.3, -0.25) is 9.69 Å².